The van der Waals surface area contributed by atoms with Gasteiger partial charge in [-0.3, -0.25) is 4.79 Å². The van der Waals surface area contributed by atoms with E-state index in [1.165, 1.54) is 6.20 Å². The van der Waals surface area contributed by atoms with Crippen molar-refractivity contribution in [2.45, 2.75) is 12.6 Å². The molecule has 4 aromatic heterocycles. The average molecular weight is 654 g/mol. The van der Waals surface area contributed by atoms with Crippen molar-refractivity contribution in [3.8, 4) is 11.1 Å². The van der Waals surface area contributed by atoms with Gasteiger partial charge >= 0.3 is 5.97 Å². The number of morpholine rings is 1. The second-order valence-electron chi connectivity index (χ2n) is 12.0. The van der Waals surface area contributed by atoms with E-state index in [1.807, 2.05) is 54.2 Å². The molecular formula is C35H33F2N7O4. The maximum Gasteiger partial charge on any atom is 0.341 e. The van der Waals surface area contributed by atoms with Crippen molar-refractivity contribution in [2.24, 2.45) is 0 Å². The number of nitrogens with zero attached hydrogens (tertiary/aromatic N) is 5. The third-order valence-electron chi connectivity index (χ3n) is 8.99. The molecule has 1 aliphatic rings. The van der Waals surface area contributed by atoms with Crippen LogP contribution in [-0.2, 0) is 11.3 Å². The maximum atomic E-state index is 15.7. The largest absolute Gasteiger partial charge is 0.477 e. The lowest BCUT2D eigenvalue weighted by Crippen LogP contribution is -2.36. The first kappa shape index (κ1) is 31.2. The Hall–Kier alpha value is -5.40. The number of carbonyl (C=O) groups is 1. The Bertz CT molecular complexity index is 2260. The number of rotatable bonds is 8. The molecule has 5 heterocycles. The number of carboxylic acids is 1. The summed E-state index contributed by atoms with van der Waals surface area (Å²) in [4.78, 5) is 42.6. The Kier molecular flexibility index (Phi) is 8.01. The molecule has 0 aliphatic carbocycles. The van der Waals surface area contributed by atoms with Crippen molar-refractivity contribution in [1.29, 1.82) is 0 Å². The predicted molar refractivity (Wildman–Crippen MR) is 181 cm³/mol. The highest BCUT2D eigenvalue weighted by Crippen LogP contribution is 2.43. The minimum atomic E-state index is -1.35. The van der Waals surface area contributed by atoms with Gasteiger partial charge in [-0.05, 0) is 25.7 Å². The van der Waals surface area contributed by atoms with Crippen molar-refractivity contribution < 1.29 is 23.4 Å². The molecule has 2 aromatic carbocycles. The molecule has 1 fully saturated rings. The quantitative estimate of drug-likeness (QED) is 0.202. The van der Waals surface area contributed by atoms with E-state index in [1.54, 1.807) is 30.1 Å². The number of hydrogen-bond acceptors (Lipinski definition) is 8. The number of anilines is 2. The van der Waals surface area contributed by atoms with Gasteiger partial charge in [0.15, 0.2) is 11.6 Å². The van der Waals surface area contributed by atoms with Crippen LogP contribution in [-0.4, -0.2) is 82.9 Å². The first-order chi connectivity index (χ1) is 23.2. The molecule has 11 nitrogen and oxygen atoms in total. The zero-order chi connectivity index (χ0) is 33.7. The van der Waals surface area contributed by atoms with Gasteiger partial charge in [-0.1, -0.05) is 30.3 Å². The third kappa shape index (κ3) is 5.20. The lowest BCUT2D eigenvalue weighted by Gasteiger charge is -2.31. The standard InChI is InChI=1S/C35H33F2N7O4/c1-38-25-14-24(36)29(37)27-28-31(43-9-11-48-12-10-43)22(16-39-33(28)41-30(25)27)20-13-21-32(45)23(35(46)47)17-44(34(21)40-15-20)18-26(42(2)3)19-7-5-4-6-8-19/h4-8,13-17,26,38H,9-12,18H2,1-3H3,(H,39,41)(H,46,47). The van der Waals surface area contributed by atoms with Gasteiger partial charge in [-0.2, -0.15) is 0 Å². The first-order valence-corrected chi connectivity index (χ1v) is 15.5. The number of hydrogen-bond donors (Lipinski definition) is 3. The van der Waals surface area contributed by atoms with Crippen molar-refractivity contribution in [1.82, 2.24) is 24.4 Å². The molecule has 7 rings (SSSR count). The Morgan fingerprint density at radius 3 is 2.54 bits per heavy atom. The highest BCUT2D eigenvalue weighted by Gasteiger charge is 2.27. The molecule has 0 radical (unpaired) electrons. The van der Waals surface area contributed by atoms with Gasteiger partial charge in [-0.15, -0.1) is 0 Å². The number of likely N-dealkylation sites (N-methyl/N-ethyl adjacent to an activating group) is 1. The van der Waals surface area contributed by atoms with E-state index in [0.717, 1.165) is 11.6 Å². The number of carboxylic acid groups (broad SMARTS) is 1. The third-order valence-corrected chi connectivity index (χ3v) is 8.99. The first-order valence-electron chi connectivity index (χ1n) is 15.5. The zero-order valence-corrected chi connectivity index (χ0v) is 26.6. The molecule has 48 heavy (non-hydrogen) atoms. The topological polar surface area (TPSA) is 129 Å². The van der Waals surface area contributed by atoms with Crippen LogP contribution in [0, 0.1) is 11.6 Å². The van der Waals surface area contributed by atoms with E-state index in [9.17, 15) is 19.1 Å². The summed E-state index contributed by atoms with van der Waals surface area (Å²) in [5.41, 5.74) is 2.94. The van der Waals surface area contributed by atoms with Crippen LogP contribution in [0.15, 0.2) is 65.8 Å². The lowest BCUT2D eigenvalue weighted by atomic mass is 10.0. The summed E-state index contributed by atoms with van der Waals surface area (Å²) in [6.07, 6.45) is 4.55. The molecule has 6 aromatic rings. The number of aromatic amines is 1. The number of aromatic nitrogens is 4. The van der Waals surface area contributed by atoms with Crippen LogP contribution >= 0.6 is 0 Å². The van der Waals surface area contributed by atoms with Crippen molar-refractivity contribution in [2.75, 3.05) is 57.7 Å². The Labute approximate surface area is 273 Å². The van der Waals surface area contributed by atoms with Crippen LogP contribution in [0.2, 0.25) is 0 Å². The Morgan fingerprint density at radius 1 is 1.10 bits per heavy atom. The monoisotopic (exact) mass is 653 g/mol. The number of ether oxygens (including phenoxy) is 1. The number of pyridine rings is 3. The van der Waals surface area contributed by atoms with Crippen LogP contribution < -0.4 is 15.6 Å². The second-order valence-corrected chi connectivity index (χ2v) is 12.0. The Morgan fingerprint density at radius 2 is 1.85 bits per heavy atom. The summed E-state index contributed by atoms with van der Waals surface area (Å²) < 4.78 is 37.9. The molecule has 0 bridgehead atoms. The normalized spacial score (nSPS) is 14.3. The SMILES string of the molecule is CNc1cc(F)c(F)c2c1[nH]c1ncc(-c3cnc4c(c3)c(=O)c(C(=O)O)cn4CC(c3ccccc3)N(C)C)c(N3CCOCC3)c12. The number of fused-ring (bicyclic) bond motifs is 4. The molecule has 1 atom stereocenters. The fourth-order valence-electron chi connectivity index (χ4n) is 6.61. The second kappa shape index (κ2) is 12.3. The molecular weight excluding hydrogens is 620 g/mol. The number of halogens is 2. The van der Waals surface area contributed by atoms with E-state index < -0.39 is 23.0 Å². The van der Waals surface area contributed by atoms with Crippen LogP contribution in [0.5, 0.6) is 0 Å². The average Bonchev–Trinajstić information content (AvgIpc) is 3.49. The minimum Gasteiger partial charge on any atom is -0.477 e. The molecule has 1 aliphatic heterocycles. The summed E-state index contributed by atoms with van der Waals surface area (Å²) in [5, 5.41) is 13.5. The van der Waals surface area contributed by atoms with E-state index in [2.05, 4.69) is 15.3 Å². The molecule has 3 N–H and O–H groups in total. The highest BCUT2D eigenvalue weighted by atomic mass is 19.2. The number of nitrogens with one attached hydrogen (secondary N) is 2. The smallest absolute Gasteiger partial charge is 0.341 e. The molecule has 1 unspecified atom stereocenters. The van der Waals surface area contributed by atoms with Gasteiger partial charge in [0.05, 0.1) is 52.3 Å². The molecule has 0 saturated carbocycles. The van der Waals surface area contributed by atoms with E-state index in [0.29, 0.717) is 77.5 Å². The predicted octanol–water partition coefficient (Wildman–Crippen LogP) is 5.25. The van der Waals surface area contributed by atoms with Gasteiger partial charge in [0.25, 0.3) is 0 Å². The zero-order valence-electron chi connectivity index (χ0n) is 26.6. The summed E-state index contributed by atoms with van der Waals surface area (Å²) in [6, 6.07) is 12.3. The fourth-order valence-corrected chi connectivity index (χ4v) is 6.61. The minimum absolute atomic E-state index is 0.0464. The van der Waals surface area contributed by atoms with Crippen LogP contribution in [0.25, 0.3) is 44.1 Å². The number of H-pyrrole nitrogens is 1. The molecule has 0 amide bonds. The van der Waals surface area contributed by atoms with E-state index >= 15 is 4.39 Å². The molecule has 0 spiro atoms. The molecule has 246 valence electrons. The van der Waals surface area contributed by atoms with Crippen molar-refractivity contribution >= 4 is 50.3 Å². The van der Waals surface area contributed by atoms with Crippen molar-refractivity contribution in [3.05, 3.63) is 94.0 Å². The van der Waals surface area contributed by atoms with Gasteiger partial charge in [0, 0.05) is 62.5 Å². The van der Waals surface area contributed by atoms with Gasteiger partial charge < -0.3 is 34.5 Å². The van der Waals surface area contributed by atoms with Crippen LogP contribution in [0.4, 0.5) is 20.2 Å². The summed E-state index contributed by atoms with van der Waals surface area (Å²) >= 11 is 0. The van der Waals surface area contributed by atoms with Gasteiger partial charge in [-0.25, -0.2) is 23.5 Å². The fraction of sp³-hybridized carbons (Fsp3) is 0.257. The van der Waals surface area contributed by atoms with Gasteiger partial charge in [0.1, 0.15) is 16.9 Å². The van der Waals surface area contributed by atoms with Gasteiger partial charge in [0.2, 0.25) is 5.43 Å². The van der Waals surface area contributed by atoms with E-state index in [4.69, 9.17) is 9.72 Å². The number of benzene rings is 2. The maximum absolute atomic E-state index is 15.7. The van der Waals surface area contributed by atoms with Crippen LogP contribution in [0.3, 0.4) is 0 Å². The summed E-state index contributed by atoms with van der Waals surface area (Å²) in [6.45, 7) is 2.09. The summed E-state index contributed by atoms with van der Waals surface area (Å²) in [7, 11) is 5.49. The Balaban J connectivity index is 1.48. The van der Waals surface area contributed by atoms with Crippen LogP contribution in [0.1, 0.15) is 22.0 Å². The number of aromatic carboxylic acids is 1. The van der Waals surface area contributed by atoms with Crippen molar-refractivity contribution in [3.63, 3.8) is 0 Å². The molecule has 13 heteroatoms. The highest BCUT2D eigenvalue weighted by molar-refractivity contribution is 6.18. The summed E-state index contributed by atoms with van der Waals surface area (Å²) in [5.74, 6) is -3.37. The molecule has 1 saturated heterocycles. The van der Waals surface area contributed by atoms with E-state index in [-0.39, 0.29) is 22.4 Å². The lowest BCUT2D eigenvalue weighted by molar-refractivity contribution is 0.0694.